The zero-order valence-corrected chi connectivity index (χ0v) is 29.6. The van der Waals surface area contributed by atoms with Gasteiger partial charge >= 0.3 is 11.9 Å². The Balaban J connectivity index is 1.72. The molecular weight excluding hydrogens is 1070 g/mol. The zero-order valence-electron chi connectivity index (χ0n) is 18.0. The van der Waals surface area contributed by atoms with Gasteiger partial charge in [0.15, 0.2) is 5.75 Å². The summed E-state index contributed by atoms with van der Waals surface area (Å²) in [7, 11) is -4.45. The number of ether oxygens (including phenoxy) is 2. The van der Waals surface area contributed by atoms with Gasteiger partial charge in [-0.3, -0.25) is 4.55 Å². The van der Waals surface area contributed by atoms with E-state index in [-0.39, 0.29) is 28.9 Å². The van der Waals surface area contributed by atoms with Gasteiger partial charge < -0.3 is 9.47 Å². The molecule has 0 radical (unpaired) electrons. The SMILES string of the molecule is O=C(Oc1c(I)cc(I)cc1I)c1cc(C(=O)Oc2cc(I)c(S(=O)(=O)O)c(I)c2)c2ccccc2c1. The van der Waals surface area contributed by atoms with E-state index in [4.69, 9.17) is 9.47 Å². The van der Waals surface area contributed by atoms with Gasteiger partial charge in [0, 0.05) is 10.7 Å². The van der Waals surface area contributed by atoms with Crippen molar-refractivity contribution in [2.45, 2.75) is 4.90 Å². The van der Waals surface area contributed by atoms with Crippen LogP contribution in [0.15, 0.2) is 65.6 Å². The minimum atomic E-state index is -4.45. The molecule has 0 saturated heterocycles. The lowest BCUT2D eigenvalue weighted by Crippen LogP contribution is -2.14. The van der Waals surface area contributed by atoms with Crippen LogP contribution in [0.25, 0.3) is 10.8 Å². The molecule has 37 heavy (non-hydrogen) atoms. The van der Waals surface area contributed by atoms with Crippen molar-refractivity contribution in [1.82, 2.24) is 0 Å². The van der Waals surface area contributed by atoms with Gasteiger partial charge in [0.05, 0.1) is 18.3 Å². The molecule has 0 aliphatic carbocycles. The van der Waals surface area contributed by atoms with Gasteiger partial charge in [-0.25, -0.2) is 9.59 Å². The third-order valence-corrected chi connectivity index (χ3v) is 10.5. The third-order valence-electron chi connectivity index (χ3n) is 4.92. The maximum Gasteiger partial charge on any atom is 0.344 e. The maximum atomic E-state index is 13.3. The average Bonchev–Trinajstić information content (AvgIpc) is 2.79. The molecule has 4 rings (SSSR count). The molecule has 0 spiro atoms. The molecule has 4 aromatic rings. The summed E-state index contributed by atoms with van der Waals surface area (Å²) in [4.78, 5) is 26.1. The Labute approximate surface area is 279 Å². The molecule has 0 bridgehead atoms. The highest BCUT2D eigenvalue weighted by Gasteiger charge is 2.23. The molecule has 0 saturated carbocycles. The lowest BCUT2D eigenvalue weighted by molar-refractivity contribution is 0.0732. The monoisotopic (exact) mass is 1080 g/mol. The number of fused-ring (bicyclic) bond motifs is 1. The van der Waals surface area contributed by atoms with Crippen molar-refractivity contribution in [2.24, 2.45) is 0 Å². The fraction of sp³-hybridized carbons (Fsp3) is 0. The highest BCUT2D eigenvalue weighted by molar-refractivity contribution is 14.1. The molecule has 0 heterocycles. The van der Waals surface area contributed by atoms with Gasteiger partial charge in [-0.15, -0.1) is 0 Å². The first-order valence-corrected chi connectivity index (χ1v) is 16.8. The zero-order chi connectivity index (χ0) is 27.1. The Bertz CT molecular complexity index is 1660. The Morgan fingerprint density at radius 1 is 0.730 bits per heavy atom. The molecule has 0 aromatic heterocycles. The van der Waals surface area contributed by atoms with Crippen molar-refractivity contribution in [1.29, 1.82) is 0 Å². The standard InChI is InChI=1S/C24H11I5O7S/c25-13-7-17(26)21(18(27)8-13)36-23(30)12-5-11-3-1-2-4-15(11)16(6-12)24(31)35-14-9-19(28)22(20(29)10-14)37(32,33)34/h1-10H,(H,32,33,34). The molecular formula is C24H11I5O7S. The number of halogens is 5. The van der Waals surface area contributed by atoms with Crippen LogP contribution in [-0.4, -0.2) is 24.9 Å². The van der Waals surface area contributed by atoms with Crippen LogP contribution in [0.4, 0.5) is 0 Å². The van der Waals surface area contributed by atoms with Crippen LogP contribution in [0.2, 0.25) is 0 Å². The normalized spacial score (nSPS) is 11.4. The summed E-state index contributed by atoms with van der Waals surface area (Å²) >= 11 is 9.89. The summed E-state index contributed by atoms with van der Waals surface area (Å²) in [6.45, 7) is 0. The Hall–Kier alpha value is -0.360. The quantitative estimate of drug-likeness (QED) is 0.0954. The molecule has 7 nitrogen and oxygen atoms in total. The smallest absolute Gasteiger partial charge is 0.344 e. The number of hydrogen-bond donors (Lipinski definition) is 1. The van der Waals surface area contributed by atoms with Gasteiger partial charge in [0.2, 0.25) is 0 Å². The molecule has 190 valence electrons. The first kappa shape index (κ1) is 29.6. The van der Waals surface area contributed by atoms with E-state index in [0.29, 0.717) is 16.5 Å². The summed E-state index contributed by atoms with van der Waals surface area (Å²) in [6.07, 6.45) is 0. The van der Waals surface area contributed by atoms with Crippen LogP contribution in [0, 0.1) is 17.9 Å². The van der Waals surface area contributed by atoms with Gasteiger partial charge in [-0.1, -0.05) is 24.3 Å². The van der Waals surface area contributed by atoms with E-state index in [1.54, 1.807) is 75.5 Å². The van der Waals surface area contributed by atoms with E-state index in [1.165, 1.54) is 18.2 Å². The van der Waals surface area contributed by atoms with Crippen LogP contribution < -0.4 is 9.47 Å². The predicted molar refractivity (Wildman–Crippen MR) is 180 cm³/mol. The lowest BCUT2D eigenvalue weighted by atomic mass is 10.0. The van der Waals surface area contributed by atoms with Crippen LogP contribution in [-0.2, 0) is 10.1 Å². The molecule has 4 aromatic carbocycles. The lowest BCUT2D eigenvalue weighted by Gasteiger charge is -2.13. The minimum absolute atomic E-state index is 0.0891. The summed E-state index contributed by atoms with van der Waals surface area (Å²) in [5.41, 5.74) is 0.308. The third kappa shape index (κ3) is 6.87. The van der Waals surface area contributed by atoms with Crippen molar-refractivity contribution < 1.29 is 32.0 Å². The number of esters is 2. The van der Waals surface area contributed by atoms with Crippen molar-refractivity contribution in [3.05, 3.63) is 89.6 Å². The largest absolute Gasteiger partial charge is 0.423 e. The van der Waals surface area contributed by atoms with Crippen molar-refractivity contribution >= 4 is 146 Å². The van der Waals surface area contributed by atoms with Crippen LogP contribution in [0.3, 0.4) is 0 Å². The van der Waals surface area contributed by atoms with Crippen molar-refractivity contribution in [3.63, 3.8) is 0 Å². The van der Waals surface area contributed by atoms with E-state index in [2.05, 4.69) is 67.8 Å². The highest BCUT2D eigenvalue weighted by Crippen LogP contribution is 2.32. The number of benzene rings is 4. The number of carbonyl (C=O) groups is 2. The Morgan fingerprint density at radius 3 is 1.92 bits per heavy atom. The molecule has 0 fully saturated rings. The average molecular weight is 1080 g/mol. The molecule has 13 heteroatoms. The van der Waals surface area contributed by atoms with E-state index >= 15 is 0 Å². The minimum Gasteiger partial charge on any atom is -0.423 e. The van der Waals surface area contributed by atoms with Crippen LogP contribution >= 0.6 is 113 Å². The van der Waals surface area contributed by atoms with Gasteiger partial charge in [-0.2, -0.15) is 8.42 Å². The number of carbonyl (C=O) groups excluding carboxylic acids is 2. The molecule has 1 N–H and O–H groups in total. The van der Waals surface area contributed by atoms with E-state index < -0.39 is 22.1 Å². The molecule has 0 unspecified atom stereocenters. The van der Waals surface area contributed by atoms with Gasteiger partial charge in [0.25, 0.3) is 10.1 Å². The van der Waals surface area contributed by atoms with Crippen molar-refractivity contribution in [2.75, 3.05) is 0 Å². The highest BCUT2D eigenvalue weighted by atomic mass is 127. The Morgan fingerprint density at radius 2 is 1.32 bits per heavy atom. The number of hydrogen-bond acceptors (Lipinski definition) is 6. The summed E-state index contributed by atoms with van der Waals surface area (Å²) in [6, 6.07) is 16.6. The molecule has 0 atom stereocenters. The number of rotatable bonds is 5. The molecule has 0 aliphatic rings. The second kappa shape index (κ2) is 12.0. The Kier molecular flexibility index (Phi) is 9.62. The topological polar surface area (TPSA) is 107 Å². The molecule has 0 amide bonds. The van der Waals surface area contributed by atoms with E-state index in [9.17, 15) is 22.6 Å². The first-order chi connectivity index (χ1) is 17.3. The summed E-state index contributed by atoms with van der Waals surface area (Å²) in [5, 5.41) is 1.21. The fourth-order valence-corrected chi connectivity index (χ4v) is 11.2. The molecule has 0 aliphatic heterocycles. The van der Waals surface area contributed by atoms with E-state index in [0.717, 1.165) is 10.7 Å². The van der Waals surface area contributed by atoms with E-state index in [1.807, 2.05) is 12.1 Å². The fourth-order valence-electron chi connectivity index (χ4n) is 3.38. The van der Waals surface area contributed by atoms with Crippen molar-refractivity contribution in [3.8, 4) is 11.5 Å². The second-order valence-corrected chi connectivity index (χ2v) is 14.7. The maximum absolute atomic E-state index is 13.3. The predicted octanol–water partition coefficient (Wildman–Crippen LogP) is 7.55. The summed E-state index contributed by atoms with van der Waals surface area (Å²) < 4.78 is 47.0. The van der Waals surface area contributed by atoms with Gasteiger partial charge in [0.1, 0.15) is 10.6 Å². The van der Waals surface area contributed by atoms with Crippen LogP contribution in [0.1, 0.15) is 20.7 Å². The first-order valence-electron chi connectivity index (χ1n) is 9.93. The summed E-state index contributed by atoms with van der Waals surface area (Å²) in [5.74, 6) is -0.841. The van der Waals surface area contributed by atoms with Gasteiger partial charge in [-0.05, 0) is 160 Å². The van der Waals surface area contributed by atoms with Crippen LogP contribution in [0.5, 0.6) is 11.5 Å². The second-order valence-electron chi connectivity index (χ2n) is 7.41.